The summed E-state index contributed by atoms with van der Waals surface area (Å²) in [6, 6.07) is 6.92. The minimum absolute atomic E-state index is 0.0534. The number of nitrogens with zero attached hydrogens (tertiary/aromatic N) is 2. The molecule has 1 aromatic rings. The summed E-state index contributed by atoms with van der Waals surface area (Å²) < 4.78 is 26.1. The van der Waals surface area contributed by atoms with Crippen LogP contribution in [0.25, 0.3) is 0 Å². The summed E-state index contributed by atoms with van der Waals surface area (Å²) in [6.07, 6.45) is 4.57. The standard InChI is InChI=1S/C19H27N3O4S/c1-21(2)27(25,26)17-10-6-3-7-14(17)12-20-19(24)15-11-18(23)22(13-15)16-8-4-5-9-16/h3,6-7,10,15-16H,4-5,8-9,11-13H2,1-2H3,(H,20,24). The molecule has 1 saturated carbocycles. The van der Waals surface area contributed by atoms with Gasteiger partial charge in [-0.15, -0.1) is 0 Å². The van der Waals surface area contributed by atoms with Crippen molar-refractivity contribution < 1.29 is 18.0 Å². The van der Waals surface area contributed by atoms with E-state index in [0.717, 1.165) is 30.0 Å². The monoisotopic (exact) mass is 393 g/mol. The van der Waals surface area contributed by atoms with Crippen LogP contribution >= 0.6 is 0 Å². The molecule has 3 rings (SSSR count). The van der Waals surface area contributed by atoms with Gasteiger partial charge < -0.3 is 10.2 Å². The van der Waals surface area contributed by atoms with Crippen LogP contribution in [0.5, 0.6) is 0 Å². The van der Waals surface area contributed by atoms with Crippen molar-refractivity contribution in [1.29, 1.82) is 0 Å². The lowest BCUT2D eigenvalue weighted by molar-refractivity contribution is -0.130. The molecule has 1 heterocycles. The maximum atomic E-state index is 12.6. The van der Waals surface area contributed by atoms with Crippen molar-refractivity contribution in [2.45, 2.75) is 49.6 Å². The molecule has 1 unspecified atom stereocenters. The SMILES string of the molecule is CN(C)S(=O)(=O)c1ccccc1CNC(=O)C1CC(=O)N(C2CCCC2)C1. The fourth-order valence-corrected chi connectivity index (χ4v) is 5.02. The highest BCUT2D eigenvalue weighted by Crippen LogP contribution is 2.29. The van der Waals surface area contributed by atoms with Crippen LogP contribution in [-0.4, -0.2) is 56.1 Å². The zero-order valence-corrected chi connectivity index (χ0v) is 16.7. The maximum Gasteiger partial charge on any atom is 0.242 e. The second kappa shape index (κ2) is 7.98. The summed E-state index contributed by atoms with van der Waals surface area (Å²) in [4.78, 5) is 26.9. The van der Waals surface area contributed by atoms with E-state index in [0.29, 0.717) is 12.1 Å². The predicted molar refractivity (Wildman–Crippen MR) is 101 cm³/mol. The second-order valence-electron chi connectivity index (χ2n) is 7.50. The van der Waals surface area contributed by atoms with Gasteiger partial charge in [-0.3, -0.25) is 9.59 Å². The molecule has 1 N–H and O–H groups in total. The van der Waals surface area contributed by atoms with Gasteiger partial charge in [0, 0.05) is 39.6 Å². The molecule has 1 atom stereocenters. The molecular formula is C19H27N3O4S. The number of hydrogen-bond donors (Lipinski definition) is 1. The molecule has 1 aliphatic heterocycles. The second-order valence-corrected chi connectivity index (χ2v) is 9.62. The Hall–Kier alpha value is -1.93. The first-order chi connectivity index (χ1) is 12.8. The molecular weight excluding hydrogens is 366 g/mol. The Balaban J connectivity index is 1.64. The van der Waals surface area contributed by atoms with Gasteiger partial charge >= 0.3 is 0 Å². The molecule has 1 aromatic carbocycles. The van der Waals surface area contributed by atoms with E-state index in [1.165, 1.54) is 20.2 Å². The minimum Gasteiger partial charge on any atom is -0.352 e. The number of benzene rings is 1. The molecule has 2 aliphatic rings. The predicted octanol–water partition coefficient (Wildman–Crippen LogP) is 1.34. The summed E-state index contributed by atoms with van der Waals surface area (Å²) in [6.45, 7) is 0.586. The summed E-state index contributed by atoms with van der Waals surface area (Å²) in [5, 5.41) is 2.82. The van der Waals surface area contributed by atoms with Crippen LogP contribution in [0.3, 0.4) is 0 Å². The summed E-state index contributed by atoms with van der Waals surface area (Å²) in [5.74, 6) is -0.505. The lowest BCUT2D eigenvalue weighted by Crippen LogP contribution is -2.37. The Morgan fingerprint density at radius 1 is 1.22 bits per heavy atom. The van der Waals surface area contributed by atoms with Crippen molar-refractivity contribution in [1.82, 2.24) is 14.5 Å². The smallest absolute Gasteiger partial charge is 0.242 e. The van der Waals surface area contributed by atoms with Crippen LogP contribution in [-0.2, 0) is 26.2 Å². The number of carbonyl (C=O) groups is 2. The van der Waals surface area contributed by atoms with Gasteiger partial charge in [0.25, 0.3) is 0 Å². The molecule has 7 nitrogen and oxygen atoms in total. The molecule has 148 valence electrons. The van der Waals surface area contributed by atoms with Gasteiger partial charge in [0.2, 0.25) is 21.8 Å². The van der Waals surface area contributed by atoms with Crippen molar-refractivity contribution >= 4 is 21.8 Å². The molecule has 2 amide bonds. The molecule has 0 spiro atoms. The number of likely N-dealkylation sites (tertiary alicyclic amines) is 1. The lowest BCUT2D eigenvalue weighted by Gasteiger charge is -2.24. The highest BCUT2D eigenvalue weighted by atomic mass is 32.2. The molecule has 8 heteroatoms. The van der Waals surface area contributed by atoms with E-state index in [-0.39, 0.29) is 41.6 Å². The summed E-state index contributed by atoms with van der Waals surface area (Å²) >= 11 is 0. The quantitative estimate of drug-likeness (QED) is 0.790. The van der Waals surface area contributed by atoms with Crippen molar-refractivity contribution in [2.24, 2.45) is 5.92 Å². The first kappa shape index (κ1) is 19.8. The molecule has 0 aromatic heterocycles. The Bertz CT molecular complexity index is 816. The molecule has 1 saturated heterocycles. The minimum atomic E-state index is -3.58. The fourth-order valence-electron chi connectivity index (χ4n) is 3.90. The van der Waals surface area contributed by atoms with E-state index < -0.39 is 10.0 Å². The molecule has 2 fully saturated rings. The van der Waals surface area contributed by atoms with Crippen LogP contribution in [0.4, 0.5) is 0 Å². The van der Waals surface area contributed by atoms with Gasteiger partial charge in [-0.25, -0.2) is 12.7 Å². The third-order valence-corrected chi connectivity index (χ3v) is 7.39. The van der Waals surface area contributed by atoms with E-state index in [9.17, 15) is 18.0 Å². The van der Waals surface area contributed by atoms with Crippen molar-refractivity contribution in [3.05, 3.63) is 29.8 Å². The van der Waals surface area contributed by atoms with E-state index in [1.54, 1.807) is 18.2 Å². The number of hydrogen-bond acceptors (Lipinski definition) is 4. The van der Waals surface area contributed by atoms with Gasteiger partial charge in [0.15, 0.2) is 0 Å². The summed E-state index contributed by atoms with van der Waals surface area (Å²) in [5.41, 5.74) is 0.538. The highest BCUT2D eigenvalue weighted by Gasteiger charge is 2.38. The Morgan fingerprint density at radius 3 is 2.56 bits per heavy atom. The topological polar surface area (TPSA) is 86.8 Å². The zero-order valence-electron chi connectivity index (χ0n) is 15.8. The van der Waals surface area contributed by atoms with E-state index in [4.69, 9.17) is 0 Å². The fraction of sp³-hybridized carbons (Fsp3) is 0.579. The average molecular weight is 394 g/mol. The number of nitrogens with one attached hydrogen (secondary N) is 1. The first-order valence-corrected chi connectivity index (χ1v) is 10.8. The van der Waals surface area contributed by atoms with E-state index >= 15 is 0 Å². The Labute approximate surface area is 160 Å². The molecule has 0 bridgehead atoms. The van der Waals surface area contributed by atoms with E-state index in [1.807, 2.05) is 4.90 Å². The van der Waals surface area contributed by atoms with Crippen molar-refractivity contribution in [2.75, 3.05) is 20.6 Å². The third-order valence-electron chi connectivity index (χ3n) is 5.48. The molecule has 1 aliphatic carbocycles. The van der Waals surface area contributed by atoms with Gasteiger partial charge in [-0.1, -0.05) is 31.0 Å². The third kappa shape index (κ3) is 4.16. The van der Waals surface area contributed by atoms with Crippen LogP contribution in [0.15, 0.2) is 29.2 Å². The van der Waals surface area contributed by atoms with E-state index in [2.05, 4.69) is 5.32 Å². The number of sulfonamides is 1. The van der Waals surface area contributed by atoms with Crippen molar-refractivity contribution in [3.8, 4) is 0 Å². The van der Waals surface area contributed by atoms with Gasteiger partial charge in [-0.2, -0.15) is 0 Å². The highest BCUT2D eigenvalue weighted by molar-refractivity contribution is 7.89. The Kier molecular flexibility index (Phi) is 5.86. The van der Waals surface area contributed by atoms with Gasteiger partial charge in [-0.05, 0) is 24.5 Å². The molecule has 27 heavy (non-hydrogen) atoms. The number of rotatable bonds is 6. The lowest BCUT2D eigenvalue weighted by atomic mass is 10.1. The van der Waals surface area contributed by atoms with Gasteiger partial charge in [0.1, 0.15) is 0 Å². The molecule has 0 radical (unpaired) electrons. The van der Waals surface area contributed by atoms with Crippen molar-refractivity contribution in [3.63, 3.8) is 0 Å². The maximum absolute atomic E-state index is 12.6. The Morgan fingerprint density at radius 2 is 1.89 bits per heavy atom. The normalized spacial score (nSPS) is 21.2. The average Bonchev–Trinajstić information content (AvgIpc) is 3.29. The first-order valence-electron chi connectivity index (χ1n) is 9.38. The zero-order chi connectivity index (χ0) is 19.6. The van der Waals surface area contributed by atoms with Crippen LogP contribution in [0.2, 0.25) is 0 Å². The van der Waals surface area contributed by atoms with Crippen LogP contribution < -0.4 is 5.32 Å². The summed E-state index contributed by atoms with van der Waals surface area (Å²) in [7, 11) is -0.626. The van der Waals surface area contributed by atoms with Gasteiger partial charge in [0.05, 0.1) is 10.8 Å². The van der Waals surface area contributed by atoms with Crippen LogP contribution in [0.1, 0.15) is 37.7 Å². The largest absolute Gasteiger partial charge is 0.352 e. The van der Waals surface area contributed by atoms with Crippen LogP contribution in [0, 0.1) is 5.92 Å². The number of carbonyl (C=O) groups excluding carboxylic acids is 2. The number of amides is 2.